The van der Waals surface area contributed by atoms with Crippen LogP contribution >= 0.6 is 15.9 Å². The number of hydrogen-bond acceptors (Lipinski definition) is 4. The van der Waals surface area contributed by atoms with Crippen molar-refractivity contribution in [1.29, 1.82) is 0 Å². The van der Waals surface area contributed by atoms with Crippen molar-refractivity contribution in [3.8, 4) is 5.75 Å². The maximum atomic E-state index is 11.1. The van der Waals surface area contributed by atoms with Gasteiger partial charge in [0, 0.05) is 17.6 Å². The fourth-order valence-corrected chi connectivity index (χ4v) is 2.77. The lowest BCUT2D eigenvalue weighted by Gasteiger charge is -2.30. The van der Waals surface area contributed by atoms with Crippen molar-refractivity contribution in [2.45, 2.75) is 13.0 Å². The molecule has 1 aliphatic rings. The third-order valence-electron chi connectivity index (χ3n) is 3.15. The average Bonchev–Trinajstić information content (AvgIpc) is 2.37. The summed E-state index contributed by atoms with van der Waals surface area (Å²) in [6.45, 7) is 4.93. The smallest absolute Gasteiger partial charge is 0.153 e. The second kappa shape index (κ2) is 6.50. The highest BCUT2D eigenvalue weighted by atomic mass is 79.9. The van der Waals surface area contributed by atoms with Gasteiger partial charge in [-0.2, -0.15) is 0 Å². The summed E-state index contributed by atoms with van der Waals surface area (Å²) < 4.78 is 12.3. The summed E-state index contributed by atoms with van der Waals surface area (Å²) in [7, 11) is 2.07. The number of carbonyl (C=O) groups excluding carboxylic acids is 1. The molecule has 0 radical (unpaired) electrons. The van der Waals surface area contributed by atoms with Crippen LogP contribution in [0.15, 0.2) is 16.6 Å². The van der Waals surface area contributed by atoms with E-state index in [0.717, 1.165) is 36.0 Å². The molecule has 0 aliphatic carbocycles. The van der Waals surface area contributed by atoms with Gasteiger partial charge in [-0.05, 0) is 31.7 Å². The zero-order valence-electron chi connectivity index (χ0n) is 11.2. The zero-order valence-corrected chi connectivity index (χ0v) is 12.8. The van der Waals surface area contributed by atoms with Crippen molar-refractivity contribution >= 4 is 22.2 Å². The topological polar surface area (TPSA) is 38.8 Å². The predicted molar refractivity (Wildman–Crippen MR) is 77.0 cm³/mol. The largest absolute Gasteiger partial charge is 0.490 e. The van der Waals surface area contributed by atoms with Gasteiger partial charge in [0.05, 0.1) is 12.2 Å². The molecule has 0 saturated carbocycles. The Morgan fingerprint density at radius 3 is 3.05 bits per heavy atom. The van der Waals surface area contributed by atoms with Crippen LogP contribution in [0.25, 0.3) is 0 Å². The van der Waals surface area contributed by atoms with E-state index in [2.05, 4.69) is 27.9 Å². The molecule has 5 heteroatoms. The number of aryl methyl sites for hydroxylation is 1. The molecule has 1 unspecified atom stereocenters. The van der Waals surface area contributed by atoms with Crippen molar-refractivity contribution in [2.24, 2.45) is 0 Å². The minimum Gasteiger partial charge on any atom is -0.490 e. The van der Waals surface area contributed by atoms with Gasteiger partial charge in [-0.15, -0.1) is 0 Å². The second-order valence-corrected chi connectivity index (χ2v) is 5.74. The number of carbonyl (C=O) groups is 1. The van der Waals surface area contributed by atoms with Crippen LogP contribution in [0, 0.1) is 6.92 Å². The van der Waals surface area contributed by atoms with E-state index in [4.69, 9.17) is 9.47 Å². The molecule has 1 heterocycles. The summed E-state index contributed by atoms with van der Waals surface area (Å²) >= 11 is 3.38. The lowest BCUT2D eigenvalue weighted by Crippen LogP contribution is -2.42. The van der Waals surface area contributed by atoms with E-state index < -0.39 is 0 Å². The van der Waals surface area contributed by atoms with Crippen molar-refractivity contribution in [3.05, 3.63) is 27.7 Å². The van der Waals surface area contributed by atoms with Crippen LogP contribution in [0.5, 0.6) is 5.75 Å². The predicted octanol–water partition coefficient (Wildman–Crippen LogP) is 2.28. The molecule has 2 rings (SSSR count). The SMILES string of the molecule is Cc1cc(Br)cc(C=O)c1OCC1CN(C)CCO1. The van der Waals surface area contributed by atoms with Gasteiger partial charge in [-0.3, -0.25) is 4.79 Å². The molecule has 0 amide bonds. The van der Waals surface area contributed by atoms with E-state index in [-0.39, 0.29) is 6.10 Å². The summed E-state index contributed by atoms with van der Waals surface area (Å²) in [5.74, 6) is 0.648. The molecule has 0 spiro atoms. The highest BCUT2D eigenvalue weighted by molar-refractivity contribution is 9.10. The van der Waals surface area contributed by atoms with E-state index in [1.807, 2.05) is 13.0 Å². The molecule has 104 valence electrons. The van der Waals surface area contributed by atoms with Gasteiger partial charge in [0.15, 0.2) is 6.29 Å². The molecule has 0 bridgehead atoms. The van der Waals surface area contributed by atoms with E-state index in [1.165, 1.54) is 0 Å². The summed E-state index contributed by atoms with van der Waals surface area (Å²) in [5.41, 5.74) is 1.51. The Morgan fingerprint density at radius 2 is 2.37 bits per heavy atom. The zero-order chi connectivity index (χ0) is 13.8. The molecule has 1 aromatic rings. The van der Waals surface area contributed by atoms with E-state index in [9.17, 15) is 4.79 Å². The lowest BCUT2D eigenvalue weighted by atomic mass is 10.1. The highest BCUT2D eigenvalue weighted by Crippen LogP contribution is 2.27. The normalized spacial score (nSPS) is 20.3. The summed E-state index contributed by atoms with van der Waals surface area (Å²) in [6.07, 6.45) is 0.877. The second-order valence-electron chi connectivity index (χ2n) is 4.82. The molecule has 0 N–H and O–H groups in total. The summed E-state index contributed by atoms with van der Waals surface area (Å²) in [6, 6.07) is 3.71. The fourth-order valence-electron chi connectivity index (χ4n) is 2.18. The van der Waals surface area contributed by atoms with Crippen LogP contribution in [0.2, 0.25) is 0 Å². The molecular formula is C14H18BrNO3. The standard InChI is InChI=1S/C14H18BrNO3/c1-10-5-12(15)6-11(8-17)14(10)19-9-13-7-16(2)3-4-18-13/h5-6,8,13H,3-4,7,9H2,1-2H3. The maximum absolute atomic E-state index is 11.1. The maximum Gasteiger partial charge on any atom is 0.153 e. The number of morpholine rings is 1. The van der Waals surface area contributed by atoms with Crippen LogP contribution in [0.4, 0.5) is 0 Å². The van der Waals surface area contributed by atoms with Crippen molar-refractivity contribution in [3.63, 3.8) is 0 Å². The first kappa shape index (κ1) is 14.5. The van der Waals surface area contributed by atoms with Gasteiger partial charge in [0.25, 0.3) is 0 Å². The number of aldehydes is 1. The number of halogens is 1. The summed E-state index contributed by atoms with van der Waals surface area (Å²) in [4.78, 5) is 13.3. The van der Waals surface area contributed by atoms with Crippen LogP contribution in [-0.2, 0) is 4.74 Å². The quantitative estimate of drug-likeness (QED) is 0.795. The number of hydrogen-bond donors (Lipinski definition) is 0. The van der Waals surface area contributed by atoms with Gasteiger partial charge in [-0.1, -0.05) is 15.9 Å². The first-order valence-corrected chi connectivity index (χ1v) is 7.07. The molecule has 4 nitrogen and oxygen atoms in total. The first-order valence-electron chi connectivity index (χ1n) is 6.28. The van der Waals surface area contributed by atoms with Crippen molar-refractivity contribution < 1.29 is 14.3 Å². The van der Waals surface area contributed by atoms with Gasteiger partial charge in [0.2, 0.25) is 0 Å². The average molecular weight is 328 g/mol. The minimum absolute atomic E-state index is 0.0568. The molecule has 19 heavy (non-hydrogen) atoms. The Kier molecular flexibility index (Phi) is 4.96. The third kappa shape index (κ3) is 3.78. The van der Waals surface area contributed by atoms with Crippen LogP contribution in [-0.4, -0.2) is 50.6 Å². The number of rotatable bonds is 4. The van der Waals surface area contributed by atoms with Gasteiger partial charge < -0.3 is 14.4 Å². The van der Waals surface area contributed by atoms with Crippen molar-refractivity contribution in [2.75, 3.05) is 33.4 Å². The molecule has 1 fully saturated rings. The number of nitrogens with zero attached hydrogens (tertiary/aromatic N) is 1. The monoisotopic (exact) mass is 327 g/mol. The van der Waals surface area contributed by atoms with E-state index >= 15 is 0 Å². The molecule has 1 aliphatic heterocycles. The Balaban J connectivity index is 2.04. The molecule has 1 aromatic carbocycles. The van der Waals surface area contributed by atoms with E-state index in [0.29, 0.717) is 17.9 Å². The number of likely N-dealkylation sites (N-methyl/N-ethyl adjacent to an activating group) is 1. The fraction of sp³-hybridized carbons (Fsp3) is 0.500. The Bertz CT molecular complexity index is 464. The third-order valence-corrected chi connectivity index (χ3v) is 3.61. The summed E-state index contributed by atoms with van der Waals surface area (Å²) in [5, 5.41) is 0. The molecule has 1 saturated heterocycles. The van der Waals surface area contributed by atoms with Crippen LogP contribution < -0.4 is 4.74 Å². The Hall–Kier alpha value is -0.910. The Morgan fingerprint density at radius 1 is 1.58 bits per heavy atom. The highest BCUT2D eigenvalue weighted by Gasteiger charge is 2.19. The van der Waals surface area contributed by atoms with Crippen LogP contribution in [0.3, 0.4) is 0 Å². The van der Waals surface area contributed by atoms with Gasteiger partial charge in [-0.25, -0.2) is 0 Å². The number of benzene rings is 1. The van der Waals surface area contributed by atoms with Crippen LogP contribution in [0.1, 0.15) is 15.9 Å². The minimum atomic E-state index is 0.0568. The Labute approximate surface area is 121 Å². The molecular weight excluding hydrogens is 310 g/mol. The first-order chi connectivity index (χ1) is 9.10. The number of ether oxygens (including phenoxy) is 2. The van der Waals surface area contributed by atoms with E-state index in [1.54, 1.807) is 6.07 Å². The molecule has 1 atom stereocenters. The van der Waals surface area contributed by atoms with Gasteiger partial charge in [0.1, 0.15) is 18.5 Å². The van der Waals surface area contributed by atoms with Gasteiger partial charge >= 0.3 is 0 Å². The van der Waals surface area contributed by atoms with Crippen molar-refractivity contribution in [1.82, 2.24) is 4.90 Å². The molecule has 0 aromatic heterocycles. The lowest BCUT2D eigenvalue weighted by molar-refractivity contribution is -0.0405.